The molecule has 6 atom stereocenters. The van der Waals surface area contributed by atoms with Crippen LogP contribution < -0.4 is 61.0 Å². The van der Waals surface area contributed by atoms with Gasteiger partial charge in [-0.3, -0.25) is 47.9 Å². The first-order valence-corrected chi connectivity index (χ1v) is 17.2. The first kappa shape index (κ1) is 47.4. The maximum absolute atomic E-state index is 13.8. The van der Waals surface area contributed by atoms with E-state index in [-0.39, 0.29) is 19.3 Å². The van der Waals surface area contributed by atoms with E-state index in [0.717, 1.165) is 0 Å². The van der Waals surface area contributed by atoms with E-state index in [1.165, 1.54) is 0 Å². The smallest absolute Gasteiger partial charge is 0.326 e. The number of hydrogen-bond acceptors (Lipinski definition) is 12. The van der Waals surface area contributed by atoms with E-state index >= 15 is 0 Å². The number of amides is 10. The van der Waals surface area contributed by atoms with Gasteiger partial charge in [-0.2, -0.15) is 0 Å². The van der Waals surface area contributed by atoms with Crippen molar-refractivity contribution in [1.29, 1.82) is 0 Å². The molecule has 18 N–H and O–H groups in total. The van der Waals surface area contributed by atoms with Crippen molar-refractivity contribution in [2.75, 3.05) is 0 Å². The summed E-state index contributed by atoms with van der Waals surface area (Å²) >= 11 is 0. The molecule has 0 aromatic heterocycles. The summed E-state index contributed by atoms with van der Waals surface area (Å²) in [6.45, 7) is 0. The predicted octanol–water partition coefficient (Wildman–Crippen LogP) is -6.00. The Hall–Kier alpha value is -6.65. The monoisotopic (exact) mass is 791 g/mol. The van der Waals surface area contributed by atoms with Crippen LogP contribution in [-0.4, -0.2) is 106 Å². The number of hydrogen-bond donors (Lipinski definition) is 12. The van der Waals surface area contributed by atoms with E-state index in [2.05, 4.69) is 26.6 Å². The van der Waals surface area contributed by atoms with Gasteiger partial charge in [-0.1, -0.05) is 30.3 Å². The normalized spacial score (nSPS) is 13.9. The number of primary amides is 5. The molecule has 0 radical (unpaired) electrons. The summed E-state index contributed by atoms with van der Waals surface area (Å²) in [6.07, 6.45) is -4.12. The van der Waals surface area contributed by atoms with Crippen LogP contribution in [0.4, 0.5) is 0 Å². The van der Waals surface area contributed by atoms with E-state index < -0.39 is 146 Å². The van der Waals surface area contributed by atoms with Gasteiger partial charge in [-0.05, 0) is 31.2 Å². The summed E-state index contributed by atoms with van der Waals surface area (Å²) in [5, 5.41) is 21.0. The maximum atomic E-state index is 13.8. The topological polar surface area (TPSA) is 424 Å². The molecule has 23 nitrogen and oxygen atoms in total. The minimum atomic E-state index is -1.67. The van der Waals surface area contributed by atoms with Gasteiger partial charge < -0.3 is 66.1 Å². The zero-order chi connectivity index (χ0) is 42.5. The van der Waals surface area contributed by atoms with Crippen molar-refractivity contribution in [2.45, 2.75) is 100 Å². The van der Waals surface area contributed by atoms with Crippen molar-refractivity contribution in [3.05, 3.63) is 35.9 Å². The Bertz CT molecular complexity index is 1630. The van der Waals surface area contributed by atoms with Crippen LogP contribution in [0.15, 0.2) is 30.3 Å². The van der Waals surface area contributed by atoms with Crippen LogP contribution in [-0.2, 0) is 59.2 Å². The van der Waals surface area contributed by atoms with E-state index in [1.807, 2.05) is 0 Å². The zero-order valence-electron chi connectivity index (χ0n) is 30.3. The second-order valence-corrected chi connectivity index (χ2v) is 12.6. The summed E-state index contributed by atoms with van der Waals surface area (Å²) < 4.78 is 0. The molecule has 0 unspecified atom stereocenters. The quantitative estimate of drug-likeness (QED) is 0.0395. The molecule has 23 heteroatoms. The lowest BCUT2D eigenvalue weighted by Gasteiger charge is -2.27. The molecule has 0 saturated heterocycles. The highest BCUT2D eigenvalue weighted by atomic mass is 16.4. The molecule has 0 aliphatic carbocycles. The zero-order valence-corrected chi connectivity index (χ0v) is 30.3. The highest BCUT2D eigenvalue weighted by Crippen LogP contribution is 2.09. The maximum Gasteiger partial charge on any atom is 0.326 e. The molecule has 0 aliphatic rings. The van der Waals surface area contributed by atoms with Gasteiger partial charge in [0.1, 0.15) is 30.2 Å². The average molecular weight is 792 g/mol. The fraction of sp³-hybridized carbons (Fsp3) is 0.485. The molecule has 1 rings (SSSR count). The number of carbonyl (C=O) groups is 11. The molecule has 0 fully saturated rings. The van der Waals surface area contributed by atoms with Crippen LogP contribution in [0.5, 0.6) is 0 Å². The largest absolute Gasteiger partial charge is 0.480 e. The Kier molecular flexibility index (Phi) is 20.2. The van der Waals surface area contributed by atoms with E-state index in [9.17, 15) is 57.8 Å². The van der Waals surface area contributed by atoms with Gasteiger partial charge in [0.05, 0.1) is 12.5 Å². The molecular weight excluding hydrogens is 742 g/mol. The molecule has 0 aliphatic heterocycles. The summed E-state index contributed by atoms with van der Waals surface area (Å²) in [4.78, 5) is 136. The molecule has 10 amide bonds. The van der Waals surface area contributed by atoms with E-state index in [1.54, 1.807) is 30.3 Å². The van der Waals surface area contributed by atoms with Crippen LogP contribution >= 0.6 is 0 Å². The summed E-state index contributed by atoms with van der Waals surface area (Å²) in [5.74, 6) is -11.2. The number of nitrogens with two attached hydrogens (primary N) is 6. The van der Waals surface area contributed by atoms with Crippen molar-refractivity contribution < 1.29 is 57.8 Å². The Morgan fingerprint density at radius 3 is 1.25 bits per heavy atom. The fourth-order valence-corrected chi connectivity index (χ4v) is 4.92. The highest BCUT2D eigenvalue weighted by Gasteiger charge is 2.34. The number of aliphatic carboxylic acids is 1. The third-order valence-electron chi connectivity index (χ3n) is 7.91. The molecule has 1 aromatic rings. The van der Waals surface area contributed by atoms with Crippen molar-refractivity contribution >= 4 is 65.0 Å². The van der Waals surface area contributed by atoms with Crippen molar-refractivity contribution in [3.63, 3.8) is 0 Å². The average Bonchev–Trinajstić information content (AvgIpc) is 3.11. The van der Waals surface area contributed by atoms with Crippen LogP contribution in [0.3, 0.4) is 0 Å². The summed E-state index contributed by atoms with van der Waals surface area (Å²) in [7, 11) is 0. The van der Waals surface area contributed by atoms with E-state index in [4.69, 9.17) is 34.4 Å². The molecule has 56 heavy (non-hydrogen) atoms. The lowest BCUT2D eigenvalue weighted by atomic mass is 10.0. The second kappa shape index (κ2) is 23.9. The lowest BCUT2D eigenvalue weighted by Crippen LogP contribution is -2.60. The summed E-state index contributed by atoms with van der Waals surface area (Å²) in [5.41, 5.74) is 32.2. The third kappa shape index (κ3) is 18.9. The lowest BCUT2D eigenvalue weighted by molar-refractivity contribution is -0.143. The molecule has 308 valence electrons. The van der Waals surface area contributed by atoms with Crippen LogP contribution in [0.1, 0.15) is 63.4 Å². The molecule has 0 saturated carbocycles. The number of carboxylic acids is 1. The minimum absolute atomic E-state index is 0.194. The number of rotatable bonds is 27. The van der Waals surface area contributed by atoms with E-state index in [0.29, 0.717) is 5.56 Å². The first-order valence-electron chi connectivity index (χ1n) is 17.2. The Labute approximate surface area is 320 Å². The van der Waals surface area contributed by atoms with Gasteiger partial charge >= 0.3 is 5.97 Å². The van der Waals surface area contributed by atoms with Gasteiger partial charge in [0.15, 0.2) is 0 Å². The SMILES string of the molecule is NC(=O)CC[C@H](NC(=O)[C@H](CCC(N)=O)NC(=O)[C@H](CCC(N)=O)NC(=O)[C@H](Cc1ccccc1)NC(=O)[C@H](CC(N)=O)NC(=O)[C@@H](N)CCC(N)=O)C(=O)O. The van der Waals surface area contributed by atoms with Crippen LogP contribution in [0.2, 0.25) is 0 Å². The van der Waals surface area contributed by atoms with Crippen LogP contribution in [0.25, 0.3) is 0 Å². The number of benzene rings is 1. The molecule has 1 aromatic carbocycles. The summed E-state index contributed by atoms with van der Waals surface area (Å²) in [6, 6.07) is -1.33. The number of nitrogens with one attached hydrogen (secondary N) is 5. The van der Waals surface area contributed by atoms with Gasteiger partial charge in [0, 0.05) is 32.1 Å². The van der Waals surface area contributed by atoms with Gasteiger partial charge in [0.25, 0.3) is 0 Å². The van der Waals surface area contributed by atoms with Gasteiger partial charge in [0.2, 0.25) is 59.1 Å². The molecule has 0 heterocycles. The Morgan fingerprint density at radius 1 is 0.464 bits per heavy atom. The second-order valence-electron chi connectivity index (χ2n) is 12.6. The van der Waals surface area contributed by atoms with Crippen molar-refractivity contribution in [3.8, 4) is 0 Å². The highest BCUT2D eigenvalue weighted by molar-refractivity contribution is 5.98. The minimum Gasteiger partial charge on any atom is -0.480 e. The molecular formula is C33H49N11O12. The number of carbonyl (C=O) groups excluding carboxylic acids is 10. The van der Waals surface area contributed by atoms with Crippen molar-refractivity contribution in [1.82, 2.24) is 26.6 Å². The Morgan fingerprint density at radius 2 is 0.821 bits per heavy atom. The van der Waals surface area contributed by atoms with Crippen LogP contribution in [0, 0.1) is 0 Å². The first-order chi connectivity index (χ1) is 26.2. The number of carboxylic acid groups (broad SMARTS) is 1. The standard InChI is InChI=1S/C33H49N11O12/c34-17(6-10-23(35)45)28(50)43-22(15-27(39)49)32(54)44-21(14-16-4-2-1-3-5-16)31(53)41-18(7-11-24(36)46)29(51)40-19(8-12-25(37)47)30(52)42-20(33(55)56)9-13-26(38)48/h1-5,17-22H,6-15,34H2,(H2,35,45)(H2,36,46)(H2,37,47)(H2,38,48)(H2,39,49)(H,40,51)(H,41,53)(H,42,52)(H,43,50)(H,44,54)(H,55,56)/t17-,18-,19-,20-,21-,22-/m0/s1. The van der Waals surface area contributed by atoms with Crippen molar-refractivity contribution in [2.24, 2.45) is 34.4 Å². The molecule has 0 bridgehead atoms. The predicted molar refractivity (Wildman–Crippen MR) is 193 cm³/mol. The molecule has 0 spiro atoms. The van der Waals surface area contributed by atoms with Gasteiger partial charge in [-0.15, -0.1) is 0 Å². The fourth-order valence-electron chi connectivity index (χ4n) is 4.92. The Balaban J connectivity index is 3.43. The van der Waals surface area contributed by atoms with Gasteiger partial charge in [-0.25, -0.2) is 4.79 Å². The third-order valence-corrected chi connectivity index (χ3v) is 7.91.